The molecule has 7 heteroatoms. The van der Waals surface area contributed by atoms with Crippen molar-refractivity contribution >= 4 is 27.3 Å². The normalized spacial score (nSPS) is 13.5. The fraction of sp³-hybridized carbons (Fsp3) is 0.231. The lowest BCUT2D eigenvalue weighted by atomic mass is 10.0. The highest BCUT2D eigenvalue weighted by molar-refractivity contribution is 9.10. The molecule has 1 unspecified atom stereocenters. The van der Waals surface area contributed by atoms with Gasteiger partial charge in [-0.05, 0) is 40.2 Å². The van der Waals surface area contributed by atoms with Crippen LogP contribution in [-0.2, 0) is 12.6 Å². The van der Waals surface area contributed by atoms with E-state index in [1.54, 1.807) is 11.4 Å². The predicted molar refractivity (Wildman–Crippen MR) is 72.1 cm³/mol. The van der Waals surface area contributed by atoms with Gasteiger partial charge in [-0.15, -0.1) is 11.3 Å². The topological polar surface area (TPSA) is 20.2 Å². The third kappa shape index (κ3) is 3.59. The fourth-order valence-electron chi connectivity index (χ4n) is 1.74. The number of alkyl halides is 3. The number of hydrogen-bond acceptors (Lipinski definition) is 2. The number of benzene rings is 1. The second-order valence-corrected chi connectivity index (χ2v) is 6.10. The Morgan fingerprint density at radius 3 is 2.50 bits per heavy atom. The van der Waals surface area contributed by atoms with Crippen LogP contribution in [0.4, 0.5) is 17.6 Å². The van der Waals surface area contributed by atoms with Crippen LogP contribution >= 0.6 is 27.3 Å². The summed E-state index contributed by atoms with van der Waals surface area (Å²) in [6, 6.07) is 3.78. The molecule has 0 spiro atoms. The highest BCUT2D eigenvalue weighted by Crippen LogP contribution is 2.33. The quantitative estimate of drug-likeness (QED) is 0.760. The van der Waals surface area contributed by atoms with Crippen LogP contribution in [0.3, 0.4) is 0 Å². The van der Waals surface area contributed by atoms with Crippen LogP contribution in [0.15, 0.2) is 34.1 Å². The number of hydrogen-bond donors (Lipinski definition) is 1. The van der Waals surface area contributed by atoms with Crippen molar-refractivity contribution in [1.29, 1.82) is 0 Å². The van der Waals surface area contributed by atoms with Crippen molar-refractivity contribution < 1.29 is 22.7 Å². The van der Waals surface area contributed by atoms with E-state index in [1.807, 2.05) is 0 Å². The van der Waals surface area contributed by atoms with Crippen LogP contribution in [0, 0.1) is 5.82 Å². The van der Waals surface area contributed by atoms with Crippen molar-refractivity contribution in [2.75, 3.05) is 0 Å². The molecule has 0 aliphatic carbocycles. The fourth-order valence-corrected chi connectivity index (χ4v) is 3.23. The highest BCUT2D eigenvalue weighted by atomic mass is 79.9. The Kier molecular flexibility index (Phi) is 4.51. The molecule has 1 N–H and O–H groups in total. The standard InChI is InChI=1S/C13H9BrF4OS/c14-8-4-9(20-6-8)5-12(19)10-3-7(13(16,17)18)1-2-11(10)15/h1-4,6,12,19H,5H2. The Bertz CT molecular complexity index is 609. The van der Waals surface area contributed by atoms with E-state index in [1.165, 1.54) is 11.3 Å². The first kappa shape index (κ1) is 15.5. The number of aliphatic hydroxyl groups is 1. The summed E-state index contributed by atoms with van der Waals surface area (Å²) in [6.07, 6.45) is -5.81. The van der Waals surface area contributed by atoms with Gasteiger partial charge in [-0.1, -0.05) is 0 Å². The molecule has 0 amide bonds. The van der Waals surface area contributed by atoms with Gasteiger partial charge in [0, 0.05) is 26.7 Å². The molecular formula is C13H9BrF4OS. The third-order valence-electron chi connectivity index (χ3n) is 2.70. The first-order valence-electron chi connectivity index (χ1n) is 5.55. The maximum absolute atomic E-state index is 13.6. The van der Waals surface area contributed by atoms with Gasteiger partial charge >= 0.3 is 6.18 Å². The summed E-state index contributed by atoms with van der Waals surface area (Å²) in [5.74, 6) is -0.846. The summed E-state index contributed by atoms with van der Waals surface area (Å²) < 4.78 is 52.2. The van der Waals surface area contributed by atoms with E-state index in [-0.39, 0.29) is 12.0 Å². The Morgan fingerprint density at radius 2 is 1.95 bits per heavy atom. The van der Waals surface area contributed by atoms with Gasteiger partial charge in [0.25, 0.3) is 0 Å². The van der Waals surface area contributed by atoms with Gasteiger partial charge in [-0.25, -0.2) is 4.39 Å². The Labute approximate surface area is 125 Å². The molecule has 1 aromatic carbocycles. The molecule has 0 bridgehead atoms. The Hall–Kier alpha value is -0.920. The van der Waals surface area contributed by atoms with Crippen LogP contribution in [0.5, 0.6) is 0 Å². The minimum Gasteiger partial charge on any atom is -0.388 e. The molecule has 0 saturated carbocycles. The lowest BCUT2D eigenvalue weighted by molar-refractivity contribution is -0.137. The molecule has 1 aromatic heterocycles. The summed E-state index contributed by atoms with van der Waals surface area (Å²) in [5.41, 5.74) is -1.32. The summed E-state index contributed by atoms with van der Waals surface area (Å²) in [4.78, 5) is 0.751. The molecule has 20 heavy (non-hydrogen) atoms. The maximum Gasteiger partial charge on any atom is 0.416 e. The van der Waals surface area contributed by atoms with Crippen molar-refractivity contribution in [1.82, 2.24) is 0 Å². The highest BCUT2D eigenvalue weighted by Gasteiger charge is 2.31. The molecule has 1 nitrogen and oxygen atoms in total. The van der Waals surface area contributed by atoms with Crippen molar-refractivity contribution in [3.8, 4) is 0 Å². The molecule has 1 atom stereocenters. The largest absolute Gasteiger partial charge is 0.416 e. The smallest absolute Gasteiger partial charge is 0.388 e. The first-order chi connectivity index (χ1) is 9.27. The molecular weight excluding hydrogens is 360 g/mol. The second kappa shape index (κ2) is 5.83. The molecule has 0 aliphatic heterocycles. The number of halogens is 5. The molecule has 108 valence electrons. The molecule has 0 aliphatic rings. The zero-order valence-corrected chi connectivity index (χ0v) is 12.3. The van der Waals surface area contributed by atoms with Gasteiger partial charge < -0.3 is 5.11 Å². The van der Waals surface area contributed by atoms with E-state index in [0.717, 1.165) is 15.4 Å². The van der Waals surface area contributed by atoms with Gasteiger partial charge in [-0.3, -0.25) is 0 Å². The number of thiophene rings is 1. The van der Waals surface area contributed by atoms with Crippen LogP contribution in [0.25, 0.3) is 0 Å². The van der Waals surface area contributed by atoms with Crippen LogP contribution in [-0.4, -0.2) is 5.11 Å². The molecule has 1 heterocycles. The van der Waals surface area contributed by atoms with E-state index in [2.05, 4.69) is 15.9 Å². The summed E-state index contributed by atoms with van der Waals surface area (Å²) >= 11 is 4.57. The van der Waals surface area contributed by atoms with Crippen molar-refractivity contribution in [2.24, 2.45) is 0 Å². The first-order valence-corrected chi connectivity index (χ1v) is 7.22. The van der Waals surface area contributed by atoms with Crippen LogP contribution in [0.2, 0.25) is 0 Å². The summed E-state index contributed by atoms with van der Waals surface area (Å²) in [7, 11) is 0. The zero-order valence-electron chi connectivity index (χ0n) is 9.92. The van der Waals surface area contributed by atoms with Crippen LogP contribution < -0.4 is 0 Å². The molecule has 0 saturated heterocycles. The lowest BCUT2D eigenvalue weighted by Gasteiger charge is -2.14. The zero-order chi connectivity index (χ0) is 14.9. The molecule has 0 fully saturated rings. The minimum atomic E-state index is -4.56. The van der Waals surface area contributed by atoms with E-state index >= 15 is 0 Å². The van der Waals surface area contributed by atoms with Gasteiger partial charge in [0.15, 0.2) is 0 Å². The maximum atomic E-state index is 13.6. The van der Waals surface area contributed by atoms with Gasteiger partial charge in [0.2, 0.25) is 0 Å². The minimum absolute atomic E-state index is 0.0640. The Balaban J connectivity index is 2.27. The monoisotopic (exact) mass is 368 g/mol. The predicted octanol–water partition coefficient (Wildman–Crippen LogP) is 4.94. The summed E-state index contributed by atoms with van der Waals surface area (Å²) in [5, 5.41) is 11.7. The average Bonchev–Trinajstić information content (AvgIpc) is 2.73. The van der Waals surface area contributed by atoms with Crippen molar-refractivity contribution in [3.63, 3.8) is 0 Å². The average molecular weight is 369 g/mol. The summed E-state index contributed by atoms with van der Waals surface area (Å²) in [6.45, 7) is 0. The van der Waals surface area contributed by atoms with Crippen molar-refractivity contribution in [3.05, 3.63) is 55.9 Å². The van der Waals surface area contributed by atoms with Gasteiger partial charge in [0.1, 0.15) is 5.82 Å². The third-order valence-corrected chi connectivity index (χ3v) is 4.42. The van der Waals surface area contributed by atoms with Crippen molar-refractivity contribution in [2.45, 2.75) is 18.7 Å². The van der Waals surface area contributed by atoms with E-state index < -0.39 is 23.7 Å². The van der Waals surface area contributed by atoms with Gasteiger partial charge in [-0.2, -0.15) is 13.2 Å². The number of rotatable bonds is 3. The molecule has 2 rings (SSSR count). The number of aliphatic hydroxyl groups excluding tert-OH is 1. The SMILES string of the molecule is OC(Cc1cc(Br)cs1)c1cc(C(F)(F)F)ccc1F. The molecule has 2 aromatic rings. The van der Waals surface area contributed by atoms with Gasteiger partial charge in [0.05, 0.1) is 11.7 Å². The van der Waals surface area contributed by atoms with E-state index in [4.69, 9.17) is 0 Å². The lowest BCUT2D eigenvalue weighted by Crippen LogP contribution is -2.09. The van der Waals surface area contributed by atoms with E-state index in [9.17, 15) is 22.7 Å². The second-order valence-electron chi connectivity index (χ2n) is 4.19. The Morgan fingerprint density at radius 1 is 1.25 bits per heavy atom. The van der Waals surface area contributed by atoms with Crippen LogP contribution in [0.1, 0.15) is 22.1 Å². The molecule has 0 radical (unpaired) electrons. The van der Waals surface area contributed by atoms with E-state index in [0.29, 0.717) is 12.1 Å².